The average Bonchev–Trinajstić information content (AvgIpc) is 3.12. The van der Waals surface area contributed by atoms with Crippen LogP contribution in [0.1, 0.15) is 24.7 Å². The number of thiophene rings is 1. The molecule has 0 bridgehead atoms. The van der Waals surface area contributed by atoms with Crippen LogP contribution in [0.3, 0.4) is 0 Å². The molecule has 1 aliphatic carbocycles. The predicted molar refractivity (Wildman–Crippen MR) is 98.4 cm³/mol. The summed E-state index contributed by atoms with van der Waals surface area (Å²) in [5.74, 6) is 1.83. The molecule has 2 aromatic heterocycles. The van der Waals surface area contributed by atoms with Crippen LogP contribution < -0.4 is 9.46 Å². The molecular weight excluding hydrogens is 398 g/mol. The molecule has 1 N–H and O–H groups in total. The van der Waals surface area contributed by atoms with Crippen molar-refractivity contribution < 1.29 is 17.7 Å². The van der Waals surface area contributed by atoms with Gasteiger partial charge in [0.05, 0.1) is 17.8 Å². The van der Waals surface area contributed by atoms with Crippen LogP contribution in [-0.2, 0) is 10.0 Å². The zero-order valence-electron chi connectivity index (χ0n) is 13.6. The summed E-state index contributed by atoms with van der Waals surface area (Å²) >= 11 is 7.12. The van der Waals surface area contributed by atoms with E-state index in [-0.39, 0.29) is 4.21 Å². The van der Waals surface area contributed by atoms with Crippen molar-refractivity contribution >= 4 is 38.6 Å². The Hall–Kier alpha value is -2.10. The Morgan fingerprint density at radius 3 is 2.85 bits per heavy atom. The van der Waals surface area contributed by atoms with E-state index in [1.54, 1.807) is 17.5 Å². The number of benzene rings is 1. The fourth-order valence-corrected chi connectivity index (χ4v) is 4.82. The predicted octanol–water partition coefficient (Wildman–Crippen LogP) is 4.14. The van der Waals surface area contributed by atoms with Gasteiger partial charge in [-0.3, -0.25) is 4.72 Å². The lowest BCUT2D eigenvalue weighted by Gasteiger charge is -2.08. The second-order valence-corrected chi connectivity index (χ2v) is 9.07. The van der Waals surface area contributed by atoms with E-state index in [1.165, 1.54) is 19.2 Å². The summed E-state index contributed by atoms with van der Waals surface area (Å²) in [5.41, 5.74) is 0.958. The number of anilines is 1. The SMILES string of the molecule is COc1ccc(NS(=O)(=O)c2cc(-c3noc(C4CC4)n3)cs2)cc1Cl. The molecule has 26 heavy (non-hydrogen) atoms. The van der Waals surface area contributed by atoms with E-state index in [9.17, 15) is 8.42 Å². The Morgan fingerprint density at radius 2 is 2.15 bits per heavy atom. The van der Waals surface area contributed by atoms with Gasteiger partial charge in [0.15, 0.2) is 0 Å². The van der Waals surface area contributed by atoms with Gasteiger partial charge in [-0.15, -0.1) is 11.3 Å². The molecule has 136 valence electrons. The van der Waals surface area contributed by atoms with Crippen LogP contribution in [0.15, 0.2) is 38.4 Å². The minimum Gasteiger partial charge on any atom is -0.495 e. The molecule has 0 atom stereocenters. The summed E-state index contributed by atoms with van der Waals surface area (Å²) in [6.07, 6.45) is 2.11. The molecule has 10 heteroatoms. The van der Waals surface area contributed by atoms with Gasteiger partial charge in [-0.1, -0.05) is 16.8 Å². The van der Waals surface area contributed by atoms with Gasteiger partial charge in [0, 0.05) is 16.9 Å². The summed E-state index contributed by atoms with van der Waals surface area (Å²) in [6, 6.07) is 6.20. The van der Waals surface area contributed by atoms with E-state index in [4.69, 9.17) is 20.9 Å². The monoisotopic (exact) mass is 411 g/mol. The molecule has 0 unspecified atom stereocenters. The fourth-order valence-electron chi connectivity index (χ4n) is 2.36. The Balaban J connectivity index is 1.56. The Morgan fingerprint density at radius 1 is 1.35 bits per heavy atom. The van der Waals surface area contributed by atoms with Crippen LogP contribution in [0.2, 0.25) is 5.02 Å². The van der Waals surface area contributed by atoms with Crippen LogP contribution in [-0.4, -0.2) is 25.7 Å². The van der Waals surface area contributed by atoms with Crippen LogP contribution in [0, 0.1) is 0 Å². The van der Waals surface area contributed by atoms with Crippen molar-refractivity contribution in [3.05, 3.63) is 40.6 Å². The first kappa shape index (κ1) is 17.3. The maximum Gasteiger partial charge on any atom is 0.271 e. The van der Waals surface area contributed by atoms with E-state index < -0.39 is 10.0 Å². The highest BCUT2D eigenvalue weighted by Gasteiger charge is 2.30. The Bertz CT molecular complexity index is 1060. The maximum atomic E-state index is 12.6. The lowest BCUT2D eigenvalue weighted by Crippen LogP contribution is -2.11. The second-order valence-electron chi connectivity index (χ2n) is 5.84. The van der Waals surface area contributed by atoms with Crippen molar-refractivity contribution in [2.45, 2.75) is 23.0 Å². The van der Waals surface area contributed by atoms with Crippen molar-refractivity contribution in [3.63, 3.8) is 0 Å². The molecule has 0 radical (unpaired) electrons. The molecule has 0 aliphatic heterocycles. The number of sulfonamides is 1. The lowest BCUT2D eigenvalue weighted by molar-refractivity contribution is 0.380. The number of halogens is 1. The fraction of sp³-hybridized carbons (Fsp3) is 0.250. The molecule has 3 aromatic rings. The Labute approximate surface area is 159 Å². The van der Waals surface area contributed by atoms with Gasteiger partial charge in [-0.25, -0.2) is 8.42 Å². The average molecular weight is 412 g/mol. The molecule has 1 aliphatic rings. The summed E-state index contributed by atoms with van der Waals surface area (Å²) in [6.45, 7) is 0. The van der Waals surface area contributed by atoms with Gasteiger partial charge in [0.2, 0.25) is 11.7 Å². The molecule has 0 saturated heterocycles. The molecule has 1 aromatic carbocycles. The molecular formula is C16H14ClN3O4S2. The summed E-state index contributed by atoms with van der Waals surface area (Å²) in [5, 5.41) is 5.94. The number of hydrogen-bond donors (Lipinski definition) is 1. The third kappa shape index (κ3) is 3.42. The number of methoxy groups -OCH3 is 1. The number of nitrogens with zero attached hydrogens (tertiary/aromatic N) is 2. The van der Waals surface area contributed by atoms with E-state index in [0.29, 0.717) is 39.7 Å². The largest absolute Gasteiger partial charge is 0.495 e. The van der Waals surface area contributed by atoms with Crippen molar-refractivity contribution in [2.24, 2.45) is 0 Å². The summed E-state index contributed by atoms with van der Waals surface area (Å²) in [7, 11) is -2.26. The smallest absolute Gasteiger partial charge is 0.271 e. The number of aromatic nitrogens is 2. The molecule has 7 nitrogen and oxygen atoms in total. The van der Waals surface area contributed by atoms with Gasteiger partial charge in [-0.05, 0) is 37.1 Å². The molecule has 1 fully saturated rings. The second kappa shape index (κ2) is 6.57. The van der Waals surface area contributed by atoms with E-state index >= 15 is 0 Å². The first-order valence-corrected chi connectivity index (χ1v) is 10.5. The van der Waals surface area contributed by atoms with Crippen LogP contribution in [0.4, 0.5) is 5.69 Å². The number of hydrogen-bond acceptors (Lipinski definition) is 7. The number of rotatable bonds is 6. The normalized spacial score (nSPS) is 14.4. The van der Waals surface area contributed by atoms with E-state index in [2.05, 4.69) is 14.9 Å². The Kier molecular flexibility index (Phi) is 4.37. The molecule has 0 amide bonds. The number of ether oxygens (including phenoxy) is 1. The summed E-state index contributed by atoms with van der Waals surface area (Å²) in [4.78, 5) is 4.33. The van der Waals surface area contributed by atoms with Crippen LogP contribution in [0.5, 0.6) is 5.75 Å². The highest BCUT2D eigenvalue weighted by molar-refractivity contribution is 7.94. The number of nitrogens with one attached hydrogen (secondary N) is 1. The quantitative estimate of drug-likeness (QED) is 0.655. The zero-order valence-corrected chi connectivity index (χ0v) is 16.0. The first-order chi connectivity index (χ1) is 12.5. The van der Waals surface area contributed by atoms with Gasteiger partial charge in [0.1, 0.15) is 9.96 Å². The van der Waals surface area contributed by atoms with Gasteiger partial charge in [-0.2, -0.15) is 4.98 Å². The third-order valence-electron chi connectivity index (χ3n) is 3.87. The van der Waals surface area contributed by atoms with Gasteiger partial charge >= 0.3 is 0 Å². The molecule has 4 rings (SSSR count). The topological polar surface area (TPSA) is 94.3 Å². The van der Waals surface area contributed by atoms with Crippen molar-refractivity contribution in [2.75, 3.05) is 11.8 Å². The zero-order chi connectivity index (χ0) is 18.3. The minimum absolute atomic E-state index is 0.150. The molecule has 2 heterocycles. The highest BCUT2D eigenvalue weighted by atomic mass is 35.5. The highest BCUT2D eigenvalue weighted by Crippen LogP contribution is 2.40. The van der Waals surface area contributed by atoms with Crippen molar-refractivity contribution in [1.29, 1.82) is 0 Å². The third-order valence-corrected chi connectivity index (χ3v) is 6.99. The summed E-state index contributed by atoms with van der Waals surface area (Å²) < 4.78 is 38.1. The van der Waals surface area contributed by atoms with E-state index in [1.807, 2.05) is 0 Å². The molecule has 1 saturated carbocycles. The standard InChI is InChI=1S/C16H14ClN3O4S2/c1-23-13-5-4-11(7-12(13)17)20-26(21,22)14-6-10(8-25-14)15-18-16(24-19-15)9-2-3-9/h4-9,20H,2-3H2,1H3. The van der Waals surface area contributed by atoms with Crippen molar-refractivity contribution in [3.8, 4) is 17.1 Å². The van der Waals surface area contributed by atoms with E-state index in [0.717, 1.165) is 24.2 Å². The maximum absolute atomic E-state index is 12.6. The lowest BCUT2D eigenvalue weighted by atomic mass is 10.3. The van der Waals surface area contributed by atoms with Crippen molar-refractivity contribution in [1.82, 2.24) is 10.1 Å². The van der Waals surface area contributed by atoms with Gasteiger partial charge < -0.3 is 9.26 Å². The molecule has 0 spiro atoms. The van der Waals surface area contributed by atoms with Crippen LogP contribution in [0.25, 0.3) is 11.4 Å². The van der Waals surface area contributed by atoms with Gasteiger partial charge in [0.25, 0.3) is 10.0 Å². The van der Waals surface area contributed by atoms with Crippen LogP contribution >= 0.6 is 22.9 Å². The minimum atomic E-state index is -3.75. The first-order valence-electron chi connectivity index (χ1n) is 7.75.